The van der Waals surface area contributed by atoms with Crippen LogP contribution in [-0.4, -0.2) is 32.2 Å². The predicted octanol–water partition coefficient (Wildman–Crippen LogP) is 1.74. The summed E-state index contributed by atoms with van der Waals surface area (Å²) in [5.41, 5.74) is 0.914. The second-order valence-corrected chi connectivity index (χ2v) is 7.28. The van der Waals surface area contributed by atoms with E-state index in [0.717, 1.165) is 25.1 Å². The van der Waals surface area contributed by atoms with Gasteiger partial charge in [0.1, 0.15) is 0 Å². The normalized spacial score (nSPS) is 20.9. The average molecular weight is 289 g/mol. The second kappa shape index (κ2) is 5.54. The van der Waals surface area contributed by atoms with E-state index in [0.29, 0.717) is 11.7 Å². The van der Waals surface area contributed by atoms with E-state index in [2.05, 4.69) is 10.3 Å². The van der Waals surface area contributed by atoms with Gasteiger partial charge in [0, 0.05) is 18.0 Å². The molecule has 0 aromatic carbocycles. The minimum absolute atomic E-state index is 0.160. The molecule has 1 N–H and O–H groups in total. The summed E-state index contributed by atoms with van der Waals surface area (Å²) in [4.78, 5) is 4.45. The number of nitrogens with zero attached hydrogens (tertiary/aromatic N) is 2. The van der Waals surface area contributed by atoms with E-state index in [-0.39, 0.29) is 11.8 Å². The third-order valence-electron chi connectivity index (χ3n) is 3.03. The molecular formula is C11H19N3O2S2. The Hall–Kier alpha value is -0.660. The molecule has 1 aliphatic heterocycles. The highest BCUT2D eigenvalue weighted by Crippen LogP contribution is 2.28. The van der Waals surface area contributed by atoms with Crippen LogP contribution in [0, 0.1) is 0 Å². The molecule has 1 aromatic heterocycles. The summed E-state index contributed by atoms with van der Waals surface area (Å²) in [6.45, 7) is 5.51. The number of hydrogen-bond acceptors (Lipinski definition) is 5. The molecule has 1 saturated heterocycles. The van der Waals surface area contributed by atoms with Crippen LogP contribution >= 0.6 is 11.3 Å². The Balaban J connectivity index is 2.19. The molecule has 2 heterocycles. The van der Waals surface area contributed by atoms with Gasteiger partial charge in [-0.15, -0.1) is 11.3 Å². The smallest absolute Gasteiger partial charge is 0.236 e. The van der Waals surface area contributed by atoms with Crippen LogP contribution in [0.5, 0.6) is 0 Å². The Labute approximate surface area is 112 Å². The lowest BCUT2D eigenvalue weighted by Crippen LogP contribution is -2.37. The fourth-order valence-electron chi connectivity index (χ4n) is 2.00. The SMILES string of the molecule is CCNC(C)c1csc(N2CCCCS2(=O)=O)n1. The lowest BCUT2D eigenvalue weighted by atomic mass is 10.3. The van der Waals surface area contributed by atoms with Crippen molar-refractivity contribution in [3.05, 3.63) is 11.1 Å². The van der Waals surface area contributed by atoms with Gasteiger partial charge in [-0.3, -0.25) is 0 Å². The van der Waals surface area contributed by atoms with Gasteiger partial charge in [0.15, 0.2) is 5.13 Å². The van der Waals surface area contributed by atoms with E-state index >= 15 is 0 Å². The van der Waals surface area contributed by atoms with E-state index in [1.807, 2.05) is 19.2 Å². The van der Waals surface area contributed by atoms with Crippen LogP contribution in [0.15, 0.2) is 5.38 Å². The van der Waals surface area contributed by atoms with Crippen LogP contribution in [-0.2, 0) is 10.0 Å². The molecule has 1 fully saturated rings. The third kappa shape index (κ3) is 2.84. The lowest BCUT2D eigenvalue weighted by Gasteiger charge is -2.25. The fourth-order valence-corrected chi connectivity index (χ4v) is 4.80. The molecule has 1 atom stereocenters. The van der Waals surface area contributed by atoms with Crippen LogP contribution in [0.4, 0.5) is 5.13 Å². The van der Waals surface area contributed by atoms with Crippen molar-refractivity contribution in [2.75, 3.05) is 23.1 Å². The molecule has 0 saturated carbocycles. The van der Waals surface area contributed by atoms with Crippen molar-refractivity contribution in [1.82, 2.24) is 10.3 Å². The molecule has 102 valence electrons. The first-order valence-electron chi connectivity index (χ1n) is 6.24. The Morgan fingerprint density at radius 2 is 2.33 bits per heavy atom. The van der Waals surface area contributed by atoms with Gasteiger partial charge < -0.3 is 5.32 Å². The molecule has 2 rings (SSSR count). The number of thiazole rings is 1. The Morgan fingerprint density at radius 1 is 1.56 bits per heavy atom. The van der Waals surface area contributed by atoms with Gasteiger partial charge in [-0.1, -0.05) is 6.92 Å². The number of sulfonamides is 1. The largest absolute Gasteiger partial charge is 0.309 e. The van der Waals surface area contributed by atoms with Crippen LogP contribution in [0.3, 0.4) is 0 Å². The van der Waals surface area contributed by atoms with Crippen molar-refractivity contribution < 1.29 is 8.42 Å². The molecule has 18 heavy (non-hydrogen) atoms. The molecule has 7 heteroatoms. The van der Waals surface area contributed by atoms with Gasteiger partial charge in [-0.05, 0) is 26.3 Å². The number of hydrogen-bond donors (Lipinski definition) is 1. The second-order valence-electron chi connectivity index (χ2n) is 4.43. The van der Waals surface area contributed by atoms with E-state index in [9.17, 15) is 8.42 Å². The molecular weight excluding hydrogens is 270 g/mol. The first kappa shape index (κ1) is 13.8. The maximum atomic E-state index is 12.0. The highest BCUT2D eigenvalue weighted by atomic mass is 32.2. The van der Waals surface area contributed by atoms with E-state index in [1.165, 1.54) is 15.6 Å². The molecule has 1 aliphatic rings. The van der Waals surface area contributed by atoms with Gasteiger partial charge in [0.25, 0.3) is 0 Å². The monoisotopic (exact) mass is 289 g/mol. The zero-order valence-corrected chi connectivity index (χ0v) is 12.4. The quantitative estimate of drug-likeness (QED) is 0.917. The minimum Gasteiger partial charge on any atom is -0.309 e. The topological polar surface area (TPSA) is 62.3 Å². The third-order valence-corrected chi connectivity index (χ3v) is 5.86. The summed E-state index contributed by atoms with van der Waals surface area (Å²) < 4.78 is 25.4. The molecule has 0 aliphatic carbocycles. The summed E-state index contributed by atoms with van der Waals surface area (Å²) in [7, 11) is -3.14. The van der Waals surface area contributed by atoms with Crippen molar-refractivity contribution in [3.63, 3.8) is 0 Å². The summed E-state index contributed by atoms with van der Waals surface area (Å²) in [6.07, 6.45) is 1.67. The van der Waals surface area contributed by atoms with Crippen molar-refractivity contribution in [1.29, 1.82) is 0 Å². The minimum atomic E-state index is -3.14. The van der Waals surface area contributed by atoms with Gasteiger partial charge in [-0.2, -0.15) is 0 Å². The van der Waals surface area contributed by atoms with Crippen LogP contribution in [0.1, 0.15) is 38.4 Å². The van der Waals surface area contributed by atoms with Gasteiger partial charge in [0.2, 0.25) is 10.0 Å². The van der Waals surface area contributed by atoms with E-state index in [1.54, 1.807) is 0 Å². The van der Waals surface area contributed by atoms with Crippen molar-refractivity contribution in [3.8, 4) is 0 Å². The average Bonchev–Trinajstić information content (AvgIpc) is 2.78. The maximum absolute atomic E-state index is 12.0. The highest BCUT2D eigenvalue weighted by molar-refractivity contribution is 7.93. The predicted molar refractivity (Wildman–Crippen MR) is 74.6 cm³/mol. The van der Waals surface area contributed by atoms with Gasteiger partial charge >= 0.3 is 0 Å². The Morgan fingerprint density at radius 3 is 3.00 bits per heavy atom. The molecule has 1 aromatic rings. The lowest BCUT2D eigenvalue weighted by molar-refractivity contribution is 0.572. The molecule has 0 amide bonds. The molecule has 0 bridgehead atoms. The number of aromatic nitrogens is 1. The first-order valence-corrected chi connectivity index (χ1v) is 8.72. The van der Waals surface area contributed by atoms with Crippen LogP contribution in [0.2, 0.25) is 0 Å². The number of nitrogens with one attached hydrogen (secondary N) is 1. The zero-order valence-electron chi connectivity index (χ0n) is 10.7. The Kier molecular flexibility index (Phi) is 4.24. The van der Waals surface area contributed by atoms with Crippen LogP contribution < -0.4 is 9.62 Å². The fraction of sp³-hybridized carbons (Fsp3) is 0.727. The molecule has 5 nitrogen and oxygen atoms in total. The molecule has 1 unspecified atom stereocenters. The Bertz CT molecular complexity index is 498. The zero-order chi connectivity index (χ0) is 13.2. The van der Waals surface area contributed by atoms with E-state index < -0.39 is 10.0 Å². The molecule has 0 radical (unpaired) electrons. The number of anilines is 1. The van der Waals surface area contributed by atoms with Crippen molar-refractivity contribution >= 4 is 26.5 Å². The maximum Gasteiger partial charge on any atom is 0.236 e. The van der Waals surface area contributed by atoms with E-state index in [4.69, 9.17) is 0 Å². The summed E-state index contributed by atoms with van der Waals surface area (Å²) in [5, 5.41) is 5.82. The van der Waals surface area contributed by atoms with Crippen molar-refractivity contribution in [2.45, 2.75) is 32.7 Å². The summed E-state index contributed by atoms with van der Waals surface area (Å²) in [5.74, 6) is 0.241. The van der Waals surface area contributed by atoms with Crippen LogP contribution in [0.25, 0.3) is 0 Å². The van der Waals surface area contributed by atoms with Gasteiger partial charge in [-0.25, -0.2) is 17.7 Å². The summed E-state index contributed by atoms with van der Waals surface area (Å²) >= 11 is 1.41. The number of rotatable bonds is 4. The van der Waals surface area contributed by atoms with Gasteiger partial charge in [0.05, 0.1) is 11.4 Å². The summed E-state index contributed by atoms with van der Waals surface area (Å²) in [6, 6.07) is 0.160. The standard InChI is InChI=1S/C11H19N3O2S2/c1-3-12-9(2)10-8-17-11(13-10)14-6-4-5-7-18(14,15)16/h8-9,12H,3-7H2,1-2H3. The molecule has 0 spiro atoms. The highest BCUT2D eigenvalue weighted by Gasteiger charge is 2.28. The first-order chi connectivity index (χ1) is 8.54. The van der Waals surface area contributed by atoms with Crippen molar-refractivity contribution in [2.24, 2.45) is 0 Å².